The van der Waals surface area contributed by atoms with Crippen LogP contribution in [-0.2, 0) is 0 Å². The van der Waals surface area contributed by atoms with Crippen molar-refractivity contribution in [1.29, 1.82) is 5.26 Å². The van der Waals surface area contributed by atoms with Crippen LogP contribution in [0.1, 0.15) is 25.0 Å². The summed E-state index contributed by atoms with van der Waals surface area (Å²) in [6, 6.07) is 5.94. The standard InChI is InChI=1S/C10H9ClN4/c1-7(4-5-12)8-2-3-9-10(11)13-6-14-15(8)9/h2-3,6-7H,4H2,1H3. The van der Waals surface area contributed by atoms with E-state index >= 15 is 0 Å². The van der Waals surface area contributed by atoms with Crippen LogP contribution in [0.2, 0.25) is 5.15 Å². The van der Waals surface area contributed by atoms with E-state index in [4.69, 9.17) is 16.9 Å². The van der Waals surface area contributed by atoms with Crippen LogP contribution >= 0.6 is 11.6 Å². The average molecular weight is 221 g/mol. The Bertz CT molecular complexity index is 526. The van der Waals surface area contributed by atoms with E-state index in [0.29, 0.717) is 11.6 Å². The van der Waals surface area contributed by atoms with Crippen molar-refractivity contribution >= 4 is 17.1 Å². The van der Waals surface area contributed by atoms with Gasteiger partial charge < -0.3 is 0 Å². The average Bonchev–Trinajstić information content (AvgIpc) is 2.63. The molecule has 1 unspecified atom stereocenters. The van der Waals surface area contributed by atoms with Crippen molar-refractivity contribution < 1.29 is 0 Å². The molecular weight excluding hydrogens is 212 g/mol. The molecule has 0 N–H and O–H groups in total. The maximum atomic E-state index is 8.64. The second-order valence-electron chi connectivity index (χ2n) is 3.37. The third-order valence-corrected chi connectivity index (χ3v) is 2.63. The van der Waals surface area contributed by atoms with Gasteiger partial charge in [-0.15, -0.1) is 0 Å². The Hall–Kier alpha value is -1.60. The lowest BCUT2D eigenvalue weighted by Gasteiger charge is -2.06. The molecule has 2 heterocycles. The Morgan fingerprint density at radius 2 is 2.40 bits per heavy atom. The summed E-state index contributed by atoms with van der Waals surface area (Å²) < 4.78 is 1.73. The quantitative estimate of drug-likeness (QED) is 0.781. The lowest BCUT2D eigenvalue weighted by molar-refractivity contribution is 0.709. The van der Waals surface area contributed by atoms with Crippen LogP contribution in [0.3, 0.4) is 0 Å². The number of nitrogens with zero attached hydrogens (tertiary/aromatic N) is 4. The Kier molecular flexibility index (Phi) is 2.57. The van der Waals surface area contributed by atoms with Crippen LogP contribution < -0.4 is 0 Å². The van der Waals surface area contributed by atoms with Crippen LogP contribution in [0.25, 0.3) is 5.52 Å². The molecule has 0 radical (unpaired) electrons. The fourth-order valence-electron chi connectivity index (χ4n) is 1.54. The number of nitriles is 1. The summed E-state index contributed by atoms with van der Waals surface area (Å²) in [5.74, 6) is 0.142. The van der Waals surface area contributed by atoms with E-state index in [-0.39, 0.29) is 5.92 Å². The van der Waals surface area contributed by atoms with Gasteiger partial charge in [-0.1, -0.05) is 18.5 Å². The number of hydrogen-bond donors (Lipinski definition) is 0. The first-order valence-electron chi connectivity index (χ1n) is 4.59. The summed E-state index contributed by atoms with van der Waals surface area (Å²) in [7, 11) is 0. The van der Waals surface area contributed by atoms with Gasteiger partial charge >= 0.3 is 0 Å². The number of rotatable bonds is 2. The van der Waals surface area contributed by atoms with E-state index in [0.717, 1.165) is 11.2 Å². The van der Waals surface area contributed by atoms with Gasteiger partial charge in [0.1, 0.15) is 11.8 Å². The van der Waals surface area contributed by atoms with Crippen molar-refractivity contribution in [2.24, 2.45) is 0 Å². The van der Waals surface area contributed by atoms with Gasteiger partial charge in [0.25, 0.3) is 0 Å². The molecule has 0 aliphatic carbocycles. The first-order valence-corrected chi connectivity index (χ1v) is 4.97. The fraction of sp³-hybridized carbons (Fsp3) is 0.300. The number of fused-ring (bicyclic) bond motifs is 1. The minimum absolute atomic E-state index is 0.142. The van der Waals surface area contributed by atoms with Gasteiger partial charge in [0, 0.05) is 18.0 Å². The smallest absolute Gasteiger partial charge is 0.156 e. The van der Waals surface area contributed by atoms with E-state index in [9.17, 15) is 0 Å². The zero-order valence-electron chi connectivity index (χ0n) is 8.18. The number of halogens is 1. The highest BCUT2D eigenvalue weighted by Crippen LogP contribution is 2.23. The Balaban J connectivity index is 2.55. The fourth-order valence-corrected chi connectivity index (χ4v) is 1.73. The minimum atomic E-state index is 0.142. The molecule has 0 saturated carbocycles. The molecule has 0 aromatic carbocycles. The summed E-state index contributed by atoms with van der Waals surface area (Å²) in [6.07, 6.45) is 1.88. The highest BCUT2D eigenvalue weighted by molar-refractivity contribution is 6.32. The SMILES string of the molecule is CC(CC#N)c1ccc2c(Cl)ncnn12. The highest BCUT2D eigenvalue weighted by Gasteiger charge is 2.12. The van der Waals surface area contributed by atoms with Crippen LogP contribution in [0, 0.1) is 11.3 Å². The Morgan fingerprint density at radius 3 is 3.13 bits per heavy atom. The minimum Gasteiger partial charge on any atom is -0.233 e. The van der Waals surface area contributed by atoms with Crippen LogP contribution in [0.15, 0.2) is 18.5 Å². The molecule has 2 rings (SSSR count). The van der Waals surface area contributed by atoms with E-state index in [2.05, 4.69) is 16.2 Å². The summed E-state index contributed by atoms with van der Waals surface area (Å²) in [5, 5.41) is 13.2. The molecule has 1 atom stereocenters. The first kappa shape index (κ1) is 9.94. The number of aromatic nitrogens is 3. The van der Waals surface area contributed by atoms with Crippen molar-refractivity contribution in [3.05, 3.63) is 29.3 Å². The van der Waals surface area contributed by atoms with Crippen molar-refractivity contribution in [3.8, 4) is 6.07 Å². The van der Waals surface area contributed by atoms with E-state index in [1.807, 2.05) is 19.1 Å². The predicted molar refractivity (Wildman–Crippen MR) is 56.6 cm³/mol. The summed E-state index contributed by atoms with van der Waals surface area (Å²) >= 11 is 5.92. The number of hydrogen-bond acceptors (Lipinski definition) is 3. The molecule has 0 saturated heterocycles. The summed E-state index contributed by atoms with van der Waals surface area (Å²) in [4.78, 5) is 3.89. The monoisotopic (exact) mass is 220 g/mol. The highest BCUT2D eigenvalue weighted by atomic mass is 35.5. The van der Waals surface area contributed by atoms with Gasteiger partial charge in [0.05, 0.1) is 6.07 Å². The van der Waals surface area contributed by atoms with Crippen LogP contribution in [-0.4, -0.2) is 14.6 Å². The van der Waals surface area contributed by atoms with Crippen LogP contribution in [0.5, 0.6) is 0 Å². The predicted octanol–water partition coefficient (Wildman–Crippen LogP) is 2.40. The molecule has 0 aliphatic rings. The van der Waals surface area contributed by atoms with Gasteiger partial charge in [-0.05, 0) is 12.1 Å². The van der Waals surface area contributed by atoms with Crippen molar-refractivity contribution in [1.82, 2.24) is 14.6 Å². The lowest BCUT2D eigenvalue weighted by atomic mass is 10.1. The zero-order chi connectivity index (χ0) is 10.8. The second-order valence-corrected chi connectivity index (χ2v) is 3.73. The molecular formula is C10H9ClN4. The molecule has 0 amide bonds. The topological polar surface area (TPSA) is 54.0 Å². The molecule has 0 aliphatic heterocycles. The molecule has 76 valence electrons. The van der Waals surface area contributed by atoms with E-state index < -0.39 is 0 Å². The van der Waals surface area contributed by atoms with E-state index in [1.54, 1.807) is 4.52 Å². The van der Waals surface area contributed by atoms with Gasteiger partial charge in [0.2, 0.25) is 0 Å². The van der Waals surface area contributed by atoms with Crippen molar-refractivity contribution in [2.75, 3.05) is 0 Å². The maximum absolute atomic E-state index is 8.64. The Labute approximate surface area is 92.1 Å². The van der Waals surface area contributed by atoms with Gasteiger partial charge in [-0.2, -0.15) is 10.4 Å². The summed E-state index contributed by atoms with van der Waals surface area (Å²) in [6.45, 7) is 1.99. The third kappa shape index (κ3) is 1.66. The molecule has 4 nitrogen and oxygen atoms in total. The van der Waals surface area contributed by atoms with Crippen LogP contribution in [0.4, 0.5) is 0 Å². The molecule has 0 fully saturated rings. The molecule has 5 heteroatoms. The third-order valence-electron chi connectivity index (χ3n) is 2.34. The second kappa shape index (κ2) is 3.87. The largest absolute Gasteiger partial charge is 0.233 e. The first-order chi connectivity index (χ1) is 7.24. The van der Waals surface area contributed by atoms with Crippen molar-refractivity contribution in [3.63, 3.8) is 0 Å². The van der Waals surface area contributed by atoms with E-state index in [1.165, 1.54) is 6.33 Å². The normalized spacial score (nSPS) is 12.6. The van der Waals surface area contributed by atoms with Crippen molar-refractivity contribution in [2.45, 2.75) is 19.3 Å². The molecule has 15 heavy (non-hydrogen) atoms. The molecule has 0 spiro atoms. The summed E-state index contributed by atoms with van der Waals surface area (Å²) in [5.41, 5.74) is 1.76. The molecule has 0 bridgehead atoms. The van der Waals surface area contributed by atoms with Gasteiger partial charge in [-0.25, -0.2) is 9.50 Å². The lowest BCUT2D eigenvalue weighted by Crippen LogP contribution is -2.01. The zero-order valence-corrected chi connectivity index (χ0v) is 8.94. The molecule has 2 aromatic rings. The maximum Gasteiger partial charge on any atom is 0.156 e. The van der Waals surface area contributed by atoms with Gasteiger partial charge in [0.15, 0.2) is 5.15 Å². The van der Waals surface area contributed by atoms with Gasteiger partial charge in [-0.3, -0.25) is 0 Å². The Morgan fingerprint density at radius 1 is 1.60 bits per heavy atom. The molecule has 2 aromatic heterocycles.